The molecular weight excluding hydrogens is 262 g/mol. The average molecular weight is 277 g/mol. The van der Waals surface area contributed by atoms with E-state index in [1.807, 2.05) is 7.05 Å². The van der Waals surface area contributed by atoms with Crippen molar-refractivity contribution in [3.8, 4) is 10.6 Å². The molecule has 0 unspecified atom stereocenters. The van der Waals surface area contributed by atoms with Crippen molar-refractivity contribution in [3.63, 3.8) is 0 Å². The van der Waals surface area contributed by atoms with E-state index in [2.05, 4.69) is 29.5 Å². The second-order valence-electron chi connectivity index (χ2n) is 4.35. The summed E-state index contributed by atoms with van der Waals surface area (Å²) < 4.78 is 4.46. The van der Waals surface area contributed by atoms with Crippen molar-refractivity contribution in [2.45, 2.75) is 19.8 Å². The average Bonchev–Trinajstić information content (AvgIpc) is 2.98. The molecule has 2 N–H and O–H groups in total. The zero-order valence-corrected chi connectivity index (χ0v) is 12.1. The van der Waals surface area contributed by atoms with E-state index in [1.165, 1.54) is 19.8 Å². The van der Waals surface area contributed by atoms with Gasteiger partial charge in [0.15, 0.2) is 0 Å². The molecule has 3 heterocycles. The van der Waals surface area contributed by atoms with E-state index in [4.69, 9.17) is 5.73 Å². The largest absolute Gasteiger partial charge is 0.384 e. The number of nitrogen functional groups attached to an aromatic ring is 1. The van der Waals surface area contributed by atoms with Crippen LogP contribution in [0.3, 0.4) is 0 Å². The van der Waals surface area contributed by atoms with E-state index in [1.54, 1.807) is 27.4 Å². The Bertz CT molecular complexity index is 662. The Morgan fingerprint density at radius 1 is 1.39 bits per heavy atom. The maximum Gasteiger partial charge on any atom is 0.125 e. The summed E-state index contributed by atoms with van der Waals surface area (Å²) in [6.07, 6.45) is 2.07. The van der Waals surface area contributed by atoms with Gasteiger partial charge >= 0.3 is 0 Å². The SMILES string of the molecule is CCCc1c(-c2cc3sccc3s2)nn(C)c1N. The predicted molar refractivity (Wildman–Crippen MR) is 80.3 cm³/mol. The first-order valence-electron chi connectivity index (χ1n) is 5.99. The van der Waals surface area contributed by atoms with Gasteiger partial charge in [0, 0.05) is 22.0 Å². The van der Waals surface area contributed by atoms with Gasteiger partial charge in [-0.1, -0.05) is 13.3 Å². The van der Waals surface area contributed by atoms with Gasteiger partial charge < -0.3 is 5.73 Å². The summed E-state index contributed by atoms with van der Waals surface area (Å²) >= 11 is 3.58. The van der Waals surface area contributed by atoms with Gasteiger partial charge in [0.25, 0.3) is 0 Å². The molecule has 3 aromatic heterocycles. The molecule has 5 heteroatoms. The number of nitrogens with zero attached hydrogens (tertiary/aromatic N) is 2. The zero-order valence-electron chi connectivity index (χ0n) is 10.4. The number of aryl methyl sites for hydroxylation is 1. The van der Waals surface area contributed by atoms with Crippen molar-refractivity contribution in [2.75, 3.05) is 5.73 Å². The molecule has 0 bridgehead atoms. The van der Waals surface area contributed by atoms with Crippen LogP contribution in [0.4, 0.5) is 5.82 Å². The van der Waals surface area contributed by atoms with Crippen LogP contribution in [-0.2, 0) is 13.5 Å². The van der Waals surface area contributed by atoms with Gasteiger partial charge in [-0.15, -0.1) is 22.7 Å². The first kappa shape index (κ1) is 11.7. The summed E-state index contributed by atoms with van der Waals surface area (Å²) in [5.74, 6) is 0.795. The minimum absolute atomic E-state index is 0.795. The standard InChI is InChI=1S/C13H15N3S2/c1-3-4-8-12(15-16(2)13(8)14)11-7-10-9(18-11)5-6-17-10/h5-7H,3-4,14H2,1-2H3. The highest BCUT2D eigenvalue weighted by Crippen LogP contribution is 2.38. The molecule has 18 heavy (non-hydrogen) atoms. The highest BCUT2D eigenvalue weighted by Gasteiger charge is 2.17. The molecule has 0 atom stereocenters. The predicted octanol–water partition coefficient (Wildman–Crippen LogP) is 3.90. The summed E-state index contributed by atoms with van der Waals surface area (Å²) in [5.41, 5.74) is 8.35. The fourth-order valence-electron chi connectivity index (χ4n) is 2.16. The van der Waals surface area contributed by atoms with Gasteiger partial charge in [-0.3, -0.25) is 4.68 Å². The van der Waals surface area contributed by atoms with Crippen LogP contribution in [0.2, 0.25) is 0 Å². The number of fused-ring (bicyclic) bond motifs is 1. The van der Waals surface area contributed by atoms with Gasteiger partial charge in [0.1, 0.15) is 11.5 Å². The Hall–Kier alpha value is -1.33. The summed E-state index contributed by atoms with van der Waals surface area (Å²) in [7, 11) is 1.91. The van der Waals surface area contributed by atoms with Crippen molar-refractivity contribution in [3.05, 3.63) is 23.1 Å². The Morgan fingerprint density at radius 3 is 2.94 bits per heavy atom. The molecule has 0 aliphatic heterocycles. The summed E-state index contributed by atoms with van der Waals surface area (Å²) in [5, 5.41) is 6.71. The van der Waals surface area contributed by atoms with E-state index in [0.29, 0.717) is 0 Å². The quantitative estimate of drug-likeness (QED) is 0.789. The number of nitrogens with two attached hydrogens (primary N) is 1. The van der Waals surface area contributed by atoms with Crippen LogP contribution < -0.4 is 5.73 Å². The van der Waals surface area contributed by atoms with Crippen molar-refractivity contribution >= 4 is 37.9 Å². The highest BCUT2D eigenvalue weighted by molar-refractivity contribution is 7.28. The first-order chi connectivity index (χ1) is 8.70. The Labute approximate surface area is 114 Å². The van der Waals surface area contributed by atoms with Crippen molar-refractivity contribution in [2.24, 2.45) is 7.05 Å². The molecule has 0 aromatic carbocycles. The van der Waals surface area contributed by atoms with Gasteiger partial charge in [-0.25, -0.2) is 0 Å². The maximum absolute atomic E-state index is 6.10. The van der Waals surface area contributed by atoms with E-state index in [9.17, 15) is 0 Å². The number of thiophene rings is 2. The molecule has 3 aromatic rings. The third-order valence-corrected chi connectivity index (χ3v) is 5.17. The van der Waals surface area contributed by atoms with Crippen LogP contribution in [-0.4, -0.2) is 9.78 Å². The van der Waals surface area contributed by atoms with Crippen LogP contribution in [0.1, 0.15) is 18.9 Å². The molecule has 94 valence electrons. The Morgan fingerprint density at radius 2 is 2.22 bits per heavy atom. The Balaban J connectivity index is 2.15. The molecule has 3 nitrogen and oxygen atoms in total. The van der Waals surface area contributed by atoms with E-state index in [0.717, 1.165) is 24.4 Å². The second kappa shape index (κ2) is 4.40. The van der Waals surface area contributed by atoms with Gasteiger partial charge in [-0.2, -0.15) is 5.10 Å². The fraction of sp³-hybridized carbons (Fsp3) is 0.308. The minimum Gasteiger partial charge on any atom is -0.384 e. The summed E-state index contributed by atoms with van der Waals surface area (Å²) in [6.45, 7) is 2.17. The van der Waals surface area contributed by atoms with Crippen LogP contribution in [0.5, 0.6) is 0 Å². The number of aromatic nitrogens is 2. The van der Waals surface area contributed by atoms with Crippen LogP contribution in [0, 0.1) is 0 Å². The van der Waals surface area contributed by atoms with Crippen LogP contribution >= 0.6 is 22.7 Å². The van der Waals surface area contributed by atoms with Crippen molar-refractivity contribution in [1.82, 2.24) is 9.78 Å². The lowest BCUT2D eigenvalue weighted by Gasteiger charge is -1.99. The van der Waals surface area contributed by atoms with Gasteiger partial charge in [-0.05, 0) is 23.9 Å². The number of hydrogen-bond donors (Lipinski definition) is 1. The summed E-state index contributed by atoms with van der Waals surface area (Å²) in [6, 6.07) is 4.39. The number of anilines is 1. The molecule has 0 aliphatic carbocycles. The third-order valence-electron chi connectivity index (χ3n) is 3.07. The zero-order chi connectivity index (χ0) is 12.7. The molecule has 3 rings (SSSR count). The monoisotopic (exact) mass is 277 g/mol. The Kier molecular flexibility index (Phi) is 2.87. The van der Waals surface area contributed by atoms with Gasteiger partial charge in [0.05, 0.1) is 4.88 Å². The molecular formula is C13H15N3S2. The van der Waals surface area contributed by atoms with Crippen LogP contribution in [0.15, 0.2) is 17.5 Å². The molecule has 0 fully saturated rings. The van der Waals surface area contributed by atoms with E-state index < -0.39 is 0 Å². The number of rotatable bonds is 3. The topological polar surface area (TPSA) is 43.8 Å². The molecule has 0 aliphatic rings. The van der Waals surface area contributed by atoms with E-state index in [-0.39, 0.29) is 0 Å². The molecule has 0 amide bonds. The normalized spacial score (nSPS) is 11.4. The lowest BCUT2D eigenvalue weighted by molar-refractivity contribution is 0.781. The molecule has 0 saturated carbocycles. The third kappa shape index (κ3) is 1.74. The fourth-order valence-corrected chi connectivity index (χ4v) is 4.28. The van der Waals surface area contributed by atoms with Crippen molar-refractivity contribution in [1.29, 1.82) is 0 Å². The first-order valence-corrected chi connectivity index (χ1v) is 7.69. The lowest BCUT2D eigenvalue weighted by atomic mass is 10.1. The maximum atomic E-state index is 6.10. The molecule has 0 radical (unpaired) electrons. The summed E-state index contributed by atoms with van der Waals surface area (Å²) in [4.78, 5) is 1.23. The highest BCUT2D eigenvalue weighted by atomic mass is 32.1. The number of hydrogen-bond acceptors (Lipinski definition) is 4. The van der Waals surface area contributed by atoms with Crippen molar-refractivity contribution < 1.29 is 0 Å². The van der Waals surface area contributed by atoms with Crippen LogP contribution in [0.25, 0.3) is 20.0 Å². The molecule has 0 saturated heterocycles. The minimum atomic E-state index is 0.795. The smallest absolute Gasteiger partial charge is 0.125 e. The van der Waals surface area contributed by atoms with Gasteiger partial charge in [0.2, 0.25) is 0 Å². The van der Waals surface area contributed by atoms with E-state index >= 15 is 0 Å². The molecule has 0 spiro atoms. The lowest BCUT2D eigenvalue weighted by Crippen LogP contribution is -1.99. The second-order valence-corrected chi connectivity index (χ2v) is 6.38.